The zero-order valence-electron chi connectivity index (χ0n) is 18.0. The van der Waals surface area contributed by atoms with Gasteiger partial charge in [-0.1, -0.05) is 17.4 Å². The van der Waals surface area contributed by atoms with Crippen molar-refractivity contribution in [2.75, 3.05) is 19.2 Å². The minimum absolute atomic E-state index is 0.0700. The highest BCUT2D eigenvalue weighted by Gasteiger charge is 2.25. The van der Waals surface area contributed by atoms with Crippen molar-refractivity contribution in [3.63, 3.8) is 0 Å². The molecule has 3 aromatic carbocycles. The molecule has 0 N–H and O–H groups in total. The van der Waals surface area contributed by atoms with Crippen LogP contribution >= 0.6 is 11.3 Å². The molecule has 1 heterocycles. The Morgan fingerprint density at radius 1 is 1.15 bits per heavy atom. The van der Waals surface area contributed by atoms with Crippen molar-refractivity contribution in [3.8, 4) is 11.5 Å². The summed E-state index contributed by atoms with van der Waals surface area (Å²) in [7, 11) is 2.87. The number of para-hydroxylation sites is 1. The summed E-state index contributed by atoms with van der Waals surface area (Å²) in [6, 6.07) is 14.6. The first-order valence-corrected chi connectivity index (χ1v) is 10.6. The third-order valence-electron chi connectivity index (χ3n) is 4.77. The van der Waals surface area contributed by atoms with Crippen molar-refractivity contribution in [1.82, 2.24) is 4.98 Å². The van der Waals surface area contributed by atoms with Crippen molar-refractivity contribution in [2.24, 2.45) is 5.10 Å². The third-order valence-corrected chi connectivity index (χ3v) is 5.77. The van der Waals surface area contributed by atoms with Crippen molar-refractivity contribution < 1.29 is 23.6 Å². The Hall–Kier alpha value is -4.38. The molecule has 11 heteroatoms. The number of carbonyl (C=O) groups excluding carboxylic acids is 1. The Morgan fingerprint density at radius 2 is 1.91 bits per heavy atom. The van der Waals surface area contributed by atoms with Gasteiger partial charge in [0.05, 0.1) is 41.1 Å². The lowest BCUT2D eigenvalue weighted by Crippen LogP contribution is -2.26. The number of halogens is 1. The van der Waals surface area contributed by atoms with Crippen LogP contribution in [0.25, 0.3) is 10.2 Å². The number of methoxy groups -OCH3 is 2. The molecule has 4 rings (SSSR count). The Bertz CT molecular complexity index is 1400. The van der Waals surface area contributed by atoms with E-state index in [4.69, 9.17) is 9.47 Å². The van der Waals surface area contributed by atoms with Crippen LogP contribution in [0.15, 0.2) is 65.8 Å². The van der Waals surface area contributed by atoms with Crippen molar-refractivity contribution in [1.29, 1.82) is 0 Å². The molecule has 9 nitrogen and oxygen atoms in total. The molecule has 0 radical (unpaired) electrons. The van der Waals surface area contributed by atoms with Gasteiger partial charge in [-0.3, -0.25) is 14.9 Å². The number of nitro benzene ring substituents is 1. The highest BCUT2D eigenvalue weighted by Crippen LogP contribution is 2.35. The summed E-state index contributed by atoms with van der Waals surface area (Å²) in [6.45, 7) is 0. The number of non-ortho nitro benzene ring substituents is 1. The van der Waals surface area contributed by atoms with Gasteiger partial charge in [-0.25, -0.2) is 9.37 Å². The standard InChI is InChI=1S/C23H17FN4O5S/c1-32-19-5-3-4-17(21(19)33-2)22(29)27(23-26-18-11-8-15(24)12-20(18)34-23)25-13-14-6-9-16(10-7-14)28(30)31/h3-13H,1-2H3/b25-13+. The van der Waals surface area contributed by atoms with Crippen molar-refractivity contribution in [2.45, 2.75) is 0 Å². The topological polar surface area (TPSA) is 107 Å². The minimum Gasteiger partial charge on any atom is -0.493 e. The summed E-state index contributed by atoms with van der Waals surface area (Å²) < 4.78 is 24.9. The minimum atomic E-state index is -0.562. The number of hydrazone groups is 1. The van der Waals surface area contributed by atoms with E-state index < -0.39 is 16.6 Å². The number of benzene rings is 3. The molecule has 1 amide bonds. The van der Waals surface area contributed by atoms with Gasteiger partial charge < -0.3 is 9.47 Å². The van der Waals surface area contributed by atoms with E-state index in [1.54, 1.807) is 18.2 Å². The number of thiazole rings is 1. The van der Waals surface area contributed by atoms with Crippen LogP contribution in [0.2, 0.25) is 0 Å². The van der Waals surface area contributed by atoms with Gasteiger partial charge in [0, 0.05) is 12.1 Å². The lowest BCUT2D eigenvalue weighted by molar-refractivity contribution is -0.384. The first-order valence-electron chi connectivity index (χ1n) is 9.81. The monoisotopic (exact) mass is 480 g/mol. The number of fused-ring (bicyclic) bond motifs is 1. The summed E-state index contributed by atoms with van der Waals surface area (Å²) in [4.78, 5) is 28.4. The van der Waals surface area contributed by atoms with Gasteiger partial charge in [0.2, 0.25) is 5.13 Å². The second-order valence-corrected chi connectivity index (χ2v) is 7.87. The van der Waals surface area contributed by atoms with E-state index in [0.29, 0.717) is 21.5 Å². The second kappa shape index (κ2) is 9.63. The average Bonchev–Trinajstić information content (AvgIpc) is 3.26. The van der Waals surface area contributed by atoms with Crippen molar-refractivity contribution in [3.05, 3.63) is 87.7 Å². The molecule has 0 unspecified atom stereocenters. The number of anilines is 1. The summed E-state index contributed by atoms with van der Waals surface area (Å²) in [5.74, 6) is -0.408. The van der Waals surface area contributed by atoms with E-state index >= 15 is 0 Å². The molecule has 0 aliphatic rings. The fraction of sp³-hybridized carbons (Fsp3) is 0.0870. The first kappa shape index (κ1) is 22.8. The molecule has 172 valence electrons. The number of carbonyl (C=O) groups is 1. The Labute approximate surface area is 196 Å². The van der Waals surface area contributed by atoms with E-state index in [-0.39, 0.29) is 22.1 Å². The number of hydrogen-bond donors (Lipinski definition) is 0. The molecular weight excluding hydrogens is 463 g/mol. The van der Waals surface area contributed by atoms with Gasteiger partial charge in [0.25, 0.3) is 11.6 Å². The lowest BCUT2D eigenvalue weighted by Gasteiger charge is -2.17. The molecule has 34 heavy (non-hydrogen) atoms. The van der Waals surface area contributed by atoms with Crippen molar-refractivity contribution >= 4 is 44.5 Å². The average molecular weight is 480 g/mol. The molecule has 0 saturated carbocycles. The van der Waals surface area contributed by atoms with Crippen LogP contribution in [0.5, 0.6) is 11.5 Å². The van der Waals surface area contributed by atoms with Crippen LogP contribution in [0.3, 0.4) is 0 Å². The number of aromatic nitrogens is 1. The fourth-order valence-corrected chi connectivity index (χ4v) is 4.09. The van der Waals surface area contributed by atoms with Gasteiger partial charge in [-0.15, -0.1) is 0 Å². The number of hydrogen-bond acceptors (Lipinski definition) is 8. The second-order valence-electron chi connectivity index (χ2n) is 6.86. The zero-order chi connectivity index (χ0) is 24.2. The molecule has 0 bridgehead atoms. The Kier molecular flexibility index (Phi) is 6.46. The lowest BCUT2D eigenvalue weighted by atomic mass is 10.1. The Balaban J connectivity index is 1.79. The predicted molar refractivity (Wildman–Crippen MR) is 127 cm³/mol. The van der Waals surface area contributed by atoms with Crippen LogP contribution in [0, 0.1) is 15.9 Å². The summed E-state index contributed by atoms with van der Waals surface area (Å²) >= 11 is 1.09. The largest absolute Gasteiger partial charge is 0.493 e. The number of ether oxygens (including phenoxy) is 2. The maximum Gasteiger partial charge on any atom is 0.284 e. The van der Waals surface area contributed by atoms with Crippen LogP contribution in [-0.4, -0.2) is 36.2 Å². The maximum atomic E-state index is 13.7. The Morgan fingerprint density at radius 3 is 2.59 bits per heavy atom. The van der Waals surface area contributed by atoms with E-state index in [0.717, 1.165) is 16.3 Å². The SMILES string of the molecule is COc1cccc(C(=O)N(/N=C/c2ccc([N+](=O)[O-])cc2)c2nc3ccc(F)cc3s2)c1OC. The molecule has 0 fully saturated rings. The van der Waals surface area contributed by atoms with Gasteiger partial charge >= 0.3 is 0 Å². The summed E-state index contributed by atoms with van der Waals surface area (Å²) in [5.41, 5.74) is 1.13. The predicted octanol–water partition coefficient (Wildman–Crippen LogP) is 5.04. The molecule has 0 aliphatic heterocycles. The quantitative estimate of drug-likeness (QED) is 0.208. The zero-order valence-corrected chi connectivity index (χ0v) is 18.8. The smallest absolute Gasteiger partial charge is 0.284 e. The summed E-state index contributed by atoms with van der Waals surface area (Å²) in [5, 5.41) is 16.5. The van der Waals surface area contributed by atoms with Gasteiger partial charge in [-0.2, -0.15) is 10.1 Å². The highest BCUT2D eigenvalue weighted by molar-refractivity contribution is 7.22. The first-order chi connectivity index (χ1) is 16.4. The van der Waals surface area contributed by atoms with Crippen LogP contribution < -0.4 is 14.5 Å². The molecule has 4 aromatic rings. The molecule has 0 spiro atoms. The molecule has 0 aliphatic carbocycles. The molecule has 0 saturated heterocycles. The van der Waals surface area contributed by atoms with Crippen LogP contribution in [0.1, 0.15) is 15.9 Å². The maximum absolute atomic E-state index is 13.7. The molecule has 0 atom stereocenters. The van der Waals surface area contributed by atoms with E-state index in [9.17, 15) is 19.3 Å². The number of rotatable bonds is 7. The third kappa shape index (κ3) is 4.55. The van der Waals surface area contributed by atoms with E-state index in [1.165, 1.54) is 62.9 Å². The summed E-state index contributed by atoms with van der Waals surface area (Å²) in [6.07, 6.45) is 1.38. The van der Waals surface area contributed by atoms with Crippen LogP contribution in [0.4, 0.5) is 15.2 Å². The van der Waals surface area contributed by atoms with E-state index in [1.807, 2.05) is 0 Å². The normalized spacial score (nSPS) is 11.0. The fourth-order valence-electron chi connectivity index (χ4n) is 3.14. The molecular formula is C23H17FN4O5S. The number of amides is 1. The van der Waals surface area contributed by atoms with Gasteiger partial charge in [0.15, 0.2) is 11.5 Å². The van der Waals surface area contributed by atoms with Gasteiger partial charge in [0.1, 0.15) is 5.82 Å². The highest BCUT2D eigenvalue weighted by atomic mass is 32.1. The van der Waals surface area contributed by atoms with Gasteiger partial charge in [-0.05, 0) is 48.0 Å². The van der Waals surface area contributed by atoms with Crippen LogP contribution in [-0.2, 0) is 0 Å². The number of nitrogens with zero attached hydrogens (tertiary/aromatic N) is 4. The van der Waals surface area contributed by atoms with E-state index in [2.05, 4.69) is 10.1 Å². The number of nitro groups is 1. The molecule has 1 aromatic heterocycles.